The van der Waals surface area contributed by atoms with Gasteiger partial charge in [-0.2, -0.15) is 0 Å². The van der Waals surface area contributed by atoms with Crippen LogP contribution in [0.2, 0.25) is 0 Å². The van der Waals surface area contributed by atoms with E-state index in [0.29, 0.717) is 11.9 Å². The Bertz CT molecular complexity index is 540. The maximum absolute atomic E-state index is 13.1. The second kappa shape index (κ2) is 5.36. The maximum Gasteiger partial charge on any atom is 0.232 e. The number of amides is 1. The lowest BCUT2D eigenvalue weighted by atomic mass is 9.78. The smallest absolute Gasteiger partial charge is 0.232 e. The van der Waals surface area contributed by atoms with E-state index in [1.165, 1.54) is 44.1 Å². The van der Waals surface area contributed by atoms with Crippen molar-refractivity contribution in [3.63, 3.8) is 0 Å². The van der Waals surface area contributed by atoms with Gasteiger partial charge in [0.05, 0.1) is 5.92 Å². The molecule has 1 saturated carbocycles. The molecule has 2 aliphatic heterocycles. The zero-order valence-electron chi connectivity index (χ0n) is 12.6. The molecule has 112 valence electrons. The number of likely N-dealkylation sites (tertiary alicyclic amines) is 1. The van der Waals surface area contributed by atoms with Gasteiger partial charge in [-0.1, -0.05) is 31.0 Å². The molecule has 1 amide bonds. The lowest BCUT2D eigenvalue weighted by Crippen LogP contribution is -2.51. The minimum Gasteiger partial charge on any atom is -0.384 e. The first-order valence-electron chi connectivity index (χ1n) is 8.48. The van der Waals surface area contributed by atoms with E-state index in [2.05, 4.69) is 22.3 Å². The third-order valence-electron chi connectivity index (χ3n) is 5.66. The molecule has 2 heterocycles. The summed E-state index contributed by atoms with van der Waals surface area (Å²) >= 11 is 0. The fourth-order valence-electron chi connectivity index (χ4n) is 4.60. The van der Waals surface area contributed by atoms with Gasteiger partial charge >= 0.3 is 0 Å². The quantitative estimate of drug-likeness (QED) is 0.857. The second-order valence-electron chi connectivity index (χ2n) is 6.81. The standard InChI is InChI=1S/C18H24N2O/c21-18(15-12-19-16-9-3-2-8-14(15)16)20-11-5-7-13-6-1-4-10-17(13)20/h2-3,8-9,13,15,17,19H,1,4-7,10-12H2. The summed E-state index contributed by atoms with van der Waals surface area (Å²) in [4.78, 5) is 15.3. The number of anilines is 1. The van der Waals surface area contributed by atoms with Crippen LogP contribution in [0, 0.1) is 5.92 Å². The Morgan fingerprint density at radius 1 is 1.10 bits per heavy atom. The number of hydrogen-bond acceptors (Lipinski definition) is 2. The molecule has 3 unspecified atom stereocenters. The monoisotopic (exact) mass is 284 g/mol. The Morgan fingerprint density at radius 3 is 2.86 bits per heavy atom. The summed E-state index contributed by atoms with van der Waals surface area (Å²) in [5, 5.41) is 3.39. The molecule has 0 bridgehead atoms. The van der Waals surface area contributed by atoms with Crippen molar-refractivity contribution in [2.24, 2.45) is 5.92 Å². The van der Waals surface area contributed by atoms with Crippen molar-refractivity contribution >= 4 is 11.6 Å². The lowest BCUT2D eigenvalue weighted by Gasteiger charge is -2.45. The van der Waals surface area contributed by atoms with Crippen molar-refractivity contribution in [2.75, 3.05) is 18.4 Å². The van der Waals surface area contributed by atoms with E-state index >= 15 is 0 Å². The molecule has 0 aromatic heterocycles. The van der Waals surface area contributed by atoms with Crippen molar-refractivity contribution in [1.82, 2.24) is 4.90 Å². The highest BCUT2D eigenvalue weighted by Gasteiger charge is 2.39. The van der Waals surface area contributed by atoms with Crippen LogP contribution in [0.1, 0.15) is 50.0 Å². The molecule has 1 aliphatic carbocycles. The first kappa shape index (κ1) is 13.2. The normalized spacial score (nSPS) is 31.2. The van der Waals surface area contributed by atoms with Crippen molar-refractivity contribution < 1.29 is 4.79 Å². The van der Waals surface area contributed by atoms with Crippen LogP contribution in [0.3, 0.4) is 0 Å². The van der Waals surface area contributed by atoms with Crippen LogP contribution < -0.4 is 5.32 Å². The molecule has 3 atom stereocenters. The van der Waals surface area contributed by atoms with Gasteiger partial charge in [0.25, 0.3) is 0 Å². The van der Waals surface area contributed by atoms with Crippen LogP contribution in [-0.4, -0.2) is 29.9 Å². The molecule has 0 radical (unpaired) electrons. The van der Waals surface area contributed by atoms with Crippen LogP contribution in [0.4, 0.5) is 5.69 Å². The molecule has 4 rings (SSSR count). The highest BCUT2D eigenvalue weighted by atomic mass is 16.2. The number of piperidine rings is 1. The zero-order valence-corrected chi connectivity index (χ0v) is 12.6. The van der Waals surface area contributed by atoms with Gasteiger partial charge in [-0.05, 0) is 43.2 Å². The lowest BCUT2D eigenvalue weighted by molar-refractivity contribution is -0.138. The Hall–Kier alpha value is -1.51. The summed E-state index contributed by atoms with van der Waals surface area (Å²) in [5.41, 5.74) is 2.34. The molecule has 3 aliphatic rings. The van der Waals surface area contributed by atoms with E-state index in [1.807, 2.05) is 12.1 Å². The third-order valence-corrected chi connectivity index (χ3v) is 5.66. The summed E-state index contributed by atoms with van der Waals surface area (Å²) in [6.45, 7) is 1.74. The van der Waals surface area contributed by atoms with E-state index in [-0.39, 0.29) is 5.92 Å². The van der Waals surface area contributed by atoms with E-state index in [0.717, 1.165) is 24.7 Å². The van der Waals surface area contributed by atoms with Crippen LogP contribution in [0.15, 0.2) is 24.3 Å². The van der Waals surface area contributed by atoms with E-state index in [1.54, 1.807) is 0 Å². The first-order valence-corrected chi connectivity index (χ1v) is 8.48. The molecule has 1 saturated heterocycles. The highest BCUT2D eigenvalue weighted by molar-refractivity contribution is 5.88. The number of carbonyl (C=O) groups is 1. The molecule has 1 N–H and O–H groups in total. The van der Waals surface area contributed by atoms with E-state index in [4.69, 9.17) is 0 Å². The minimum atomic E-state index is 0.0295. The number of nitrogens with zero attached hydrogens (tertiary/aromatic N) is 1. The van der Waals surface area contributed by atoms with Gasteiger partial charge in [-0.3, -0.25) is 4.79 Å². The first-order chi connectivity index (χ1) is 10.3. The number of carbonyl (C=O) groups excluding carboxylic acids is 1. The summed E-state index contributed by atoms with van der Waals surface area (Å²) in [5.74, 6) is 1.16. The SMILES string of the molecule is O=C(C1CNc2ccccc21)N1CCCC2CCCCC21. The fourth-order valence-corrected chi connectivity index (χ4v) is 4.60. The van der Waals surface area contributed by atoms with Crippen molar-refractivity contribution in [3.8, 4) is 0 Å². The van der Waals surface area contributed by atoms with Crippen LogP contribution in [0.25, 0.3) is 0 Å². The Morgan fingerprint density at radius 2 is 1.90 bits per heavy atom. The highest BCUT2D eigenvalue weighted by Crippen LogP contribution is 2.39. The fraction of sp³-hybridized carbons (Fsp3) is 0.611. The molecule has 1 aromatic carbocycles. The molecule has 3 heteroatoms. The molecule has 3 nitrogen and oxygen atoms in total. The van der Waals surface area contributed by atoms with Gasteiger partial charge in [0.2, 0.25) is 5.91 Å². The number of rotatable bonds is 1. The van der Waals surface area contributed by atoms with E-state index < -0.39 is 0 Å². The van der Waals surface area contributed by atoms with Crippen LogP contribution >= 0.6 is 0 Å². The molecule has 1 aromatic rings. The van der Waals surface area contributed by atoms with Gasteiger partial charge in [0.15, 0.2) is 0 Å². The predicted molar refractivity (Wildman–Crippen MR) is 84.4 cm³/mol. The van der Waals surface area contributed by atoms with Crippen molar-refractivity contribution in [3.05, 3.63) is 29.8 Å². The van der Waals surface area contributed by atoms with Crippen molar-refractivity contribution in [1.29, 1.82) is 0 Å². The number of para-hydroxylation sites is 1. The largest absolute Gasteiger partial charge is 0.384 e. The van der Waals surface area contributed by atoms with Crippen molar-refractivity contribution in [2.45, 2.75) is 50.5 Å². The molecular formula is C18H24N2O. The number of fused-ring (bicyclic) bond motifs is 2. The summed E-state index contributed by atoms with van der Waals surface area (Å²) < 4.78 is 0. The predicted octanol–water partition coefficient (Wildman–Crippen LogP) is 3.38. The second-order valence-corrected chi connectivity index (χ2v) is 6.81. The average molecular weight is 284 g/mol. The van der Waals surface area contributed by atoms with Gasteiger partial charge in [0, 0.05) is 24.8 Å². The molecule has 2 fully saturated rings. The summed E-state index contributed by atoms with van der Waals surface area (Å²) in [6, 6.07) is 8.80. The van der Waals surface area contributed by atoms with Gasteiger partial charge < -0.3 is 10.2 Å². The zero-order chi connectivity index (χ0) is 14.2. The Kier molecular flexibility index (Phi) is 3.36. The summed E-state index contributed by atoms with van der Waals surface area (Å²) in [6.07, 6.45) is 7.72. The van der Waals surface area contributed by atoms with Gasteiger partial charge in [0.1, 0.15) is 0 Å². The Balaban J connectivity index is 1.57. The van der Waals surface area contributed by atoms with Gasteiger partial charge in [-0.15, -0.1) is 0 Å². The summed E-state index contributed by atoms with van der Waals surface area (Å²) in [7, 11) is 0. The van der Waals surface area contributed by atoms with Crippen LogP contribution in [0.5, 0.6) is 0 Å². The third kappa shape index (κ3) is 2.23. The number of nitrogens with one attached hydrogen (secondary N) is 1. The molecule has 21 heavy (non-hydrogen) atoms. The van der Waals surface area contributed by atoms with E-state index in [9.17, 15) is 4.79 Å². The number of hydrogen-bond donors (Lipinski definition) is 1. The number of benzene rings is 1. The van der Waals surface area contributed by atoms with Crippen LogP contribution in [-0.2, 0) is 4.79 Å². The maximum atomic E-state index is 13.1. The average Bonchev–Trinajstić information content (AvgIpc) is 2.98. The van der Waals surface area contributed by atoms with Gasteiger partial charge in [-0.25, -0.2) is 0 Å². The molecule has 0 spiro atoms. The Labute approximate surface area is 126 Å². The minimum absolute atomic E-state index is 0.0295. The topological polar surface area (TPSA) is 32.3 Å². The molecular weight excluding hydrogens is 260 g/mol.